The van der Waals surface area contributed by atoms with Crippen molar-refractivity contribution < 1.29 is 19.4 Å². The quantitative estimate of drug-likeness (QED) is 0.703. The number of carbonyl (C=O) groups is 2. The van der Waals surface area contributed by atoms with Crippen molar-refractivity contribution in [2.24, 2.45) is 11.8 Å². The van der Waals surface area contributed by atoms with Crippen molar-refractivity contribution in [3.8, 4) is 0 Å². The van der Waals surface area contributed by atoms with Crippen molar-refractivity contribution in [3.63, 3.8) is 0 Å². The number of carboxylic acids is 1. The van der Waals surface area contributed by atoms with Gasteiger partial charge in [-0.05, 0) is 18.8 Å². The molecule has 94 valence electrons. The number of carboxylic acid groups (broad SMARTS) is 1. The molecule has 3 atom stereocenters. The van der Waals surface area contributed by atoms with E-state index in [1.54, 1.807) is 0 Å². The van der Waals surface area contributed by atoms with E-state index in [1.165, 1.54) is 0 Å². The highest BCUT2D eigenvalue weighted by atomic mass is 16.5. The molecule has 0 aromatic carbocycles. The van der Waals surface area contributed by atoms with Gasteiger partial charge in [-0.2, -0.15) is 0 Å². The first-order valence-electron chi connectivity index (χ1n) is 5.93. The maximum atomic E-state index is 11.7. The number of allylic oxidation sites excluding steroid dienone is 2. The maximum Gasteiger partial charge on any atom is 0.311 e. The molecule has 5 heteroatoms. The lowest BCUT2D eigenvalue weighted by atomic mass is 10.0. The molecular formula is C12H17NO4. The molecule has 0 bridgehead atoms. The lowest BCUT2D eigenvalue weighted by Gasteiger charge is -2.16. The van der Waals surface area contributed by atoms with Crippen molar-refractivity contribution in [3.05, 3.63) is 12.2 Å². The zero-order valence-electron chi connectivity index (χ0n) is 9.59. The Morgan fingerprint density at radius 1 is 1.41 bits per heavy atom. The molecule has 1 saturated heterocycles. The second kappa shape index (κ2) is 5.31. The molecule has 1 heterocycles. The van der Waals surface area contributed by atoms with Crippen molar-refractivity contribution >= 4 is 11.9 Å². The molecule has 0 aromatic rings. The van der Waals surface area contributed by atoms with E-state index in [1.807, 2.05) is 0 Å². The normalized spacial score (nSPS) is 31.6. The van der Waals surface area contributed by atoms with Crippen LogP contribution >= 0.6 is 0 Å². The Bertz CT molecular complexity index is 339. The third-order valence-electron chi connectivity index (χ3n) is 3.30. The number of hydrogen-bond acceptors (Lipinski definition) is 3. The summed E-state index contributed by atoms with van der Waals surface area (Å²) in [5, 5.41) is 11.7. The number of carbonyl (C=O) groups excluding carboxylic acids is 1. The third-order valence-corrected chi connectivity index (χ3v) is 3.30. The molecule has 0 saturated carbocycles. The second-order valence-electron chi connectivity index (χ2n) is 4.63. The minimum Gasteiger partial charge on any atom is -0.481 e. The number of nitrogens with one attached hydrogen (secondary N) is 1. The maximum absolute atomic E-state index is 11.7. The van der Waals surface area contributed by atoms with Crippen LogP contribution in [0.25, 0.3) is 0 Å². The fraction of sp³-hybridized carbons (Fsp3) is 0.667. The summed E-state index contributed by atoms with van der Waals surface area (Å²) in [6.07, 6.45) is 6.62. The lowest BCUT2D eigenvalue weighted by Crippen LogP contribution is -2.43. The van der Waals surface area contributed by atoms with Gasteiger partial charge in [0.25, 0.3) is 0 Å². The summed E-state index contributed by atoms with van der Waals surface area (Å²) >= 11 is 0. The molecule has 1 amide bonds. The number of rotatable bonds is 4. The Hall–Kier alpha value is -1.36. The highest BCUT2D eigenvalue weighted by molar-refractivity contribution is 5.78. The molecular weight excluding hydrogens is 222 g/mol. The lowest BCUT2D eigenvalue weighted by molar-refractivity contribution is -0.142. The fourth-order valence-electron chi connectivity index (χ4n) is 2.31. The molecule has 17 heavy (non-hydrogen) atoms. The standard InChI is InChI=1S/C12H17NO4/c14-11(5-8-3-1-2-4-8)13-10-7-17-6-9(10)12(15)16/h1,3,8-10H,2,4-7H2,(H,13,14)(H,15,16). The molecule has 2 rings (SSSR count). The van der Waals surface area contributed by atoms with Gasteiger partial charge in [-0.1, -0.05) is 12.2 Å². The van der Waals surface area contributed by atoms with E-state index in [2.05, 4.69) is 17.5 Å². The number of aliphatic carboxylic acids is 1. The zero-order valence-corrected chi connectivity index (χ0v) is 9.59. The fourth-order valence-corrected chi connectivity index (χ4v) is 2.31. The Kier molecular flexibility index (Phi) is 3.78. The highest BCUT2D eigenvalue weighted by Crippen LogP contribution is 2.21. The minimum atomic E-state index is -0.909. The predicted octanol–water partition coefficient (Wildman–Crippen LogP) is 0.558. The predicted molar refractivity (Wildman–Crippen MR) is 60.4 cm³/mol. The molecule has 2 aliphatic rings. The summed E-state index contributed by atoms with van der Waals surface area (Å²) in [6, 6.07) is -0.384. The van der Waals surface area contributed by atoms with Crippen LogP contribution in [-0.2, 0) is 14.3 Å². The Balaban J connectivity index is 1.81. The first-order valence-corrected chi connectivity index (χ1v) is 5.93. The van der Waals surface area contributed by atoms with Crippen LogP contribution in [0.3, 0.4) is 0 Å². The van der Waals surface area contributed by atoms with Gasteiger partial charge in [-0.3, -0.25) is 9.59 Å². The van der Waals surface area contributed by atoms with Crippen LogP contribution in [0.2, 0.25) is 0 Å². The summed E-state index contributed by atoms with van der Waals surface area (Å²) in [5.74, 6) is -1.30. The summed E-state index contributed by atoms with van der Waals surface area (Å²) in [4.78, 5) is 22.6. The molecule has 0 radical (unpaired) electrons. The van der Waals surface area contributed by atoms with Crippen molar-refractivity contribution in [1.82, 2.24) is 5.32 Å². The van der Waals surface area contributed by atoms with Crippen LogP contribution in [0.5, 0.6) is 0 Å². The molecule has 5 nitrogen and oxygen atoms in total. The Morgan fingerprint density at radius 2 is 2.24 bits per heavy atom. The summed E-state index contributed by atoms with van der Waals surface area (Å²) < 4.78 is 5.09. The van der Waals surface area contributed by atoms with Gasteiger partial charge < -0.3 is 15.2 Å². The van der Waals surface area contributed by atoms with E-state index in [9.17, 15) is 9.59 Å². The average Bonchev–Trinajstić information content (AvgIpc) is 2.88. The minimum absolute atomic E-state index is 0.0803. The highest BCUT2D eigenvalue weighted by Gasteiger charge is 2.35. The average molecular weight is 239 g/mol. The molecule has 1 aliphatic heterocycles. The van der Waals surface area contributed by atoms with Crippen molar-refractivity contribution in [2.75, 3.05) is 13.2 Å². The summed E-state index contributed by atoms with van der Waals surface area (Å²) in [5.41, 5.74) is 0. The van der Waals surface area contributed by atoms with Crippen LogP contribution < -0.4 is 5.32 Å². The monoisotopic (exact) mass is 239 g/mol. The summed E-state index contributed by atoms with van der Waals surface area (Å²) in [6.45, 7) is 0.479. The first-order chi connectivity index (χ1) is 8.16. The van der Waals surface area contributed by atoms with Crippen LogP contribution in [0.15, 0.2) is 12.2 Å². The number of hydrogen-bond donors (Lipinski definition) is 2. The molecule has 1 fully saturated rings. The number of amides is 1. The smallest absolute Gasteiger partial charge is 0.311 e. The van der Waals surface area contributed by atoms with Gasteiger partial charge in [0.2, 0.25) is 5.91 Å². The van der Waals surface area contributed by atoms with Gasteiger partial charge in [-0.15, -0.1) is 0 Å². The van der Waals surface area contributed by atoms with Gasteiger partial charge in [0.05, 0.1) is 19.3 Å². The van der Waals surface area contributed by atoms with Gasteiger partial charge in [0.15, 0.2) is 0 Å². The van der Waals surface area contributed by atoms with Crippen molar-refractivity contribution in [1.29, 1.82) is 0 Å². The number of ether oxygens (including phenoxy) is 1. The van der Waals surface area contributed by atoms with Crippen LogP contribution in [0, 0.1) is 11.8 Å². The van der Waals surface area contributed by atoms with E-state index in [0.717, 1.165) is 12.8 Å². The van der Waals surface area contributed by atoms with E-state index < -0.39 is 11.9 Å². The van der Waals surface area contributed by atoms with Crippen LogP contribution in [0.1, 0.15) is 19.3 Å². The van der Waals surface area contributed by atoms with E-state index in [-0.39, 0.29) is 18.6 Å². The van der Waals surface area contributed by atoms with Gasteiger partial charge in [-0.25, -0.2) is 0 Å². The molecule has 0 aromatic heterocycles. The first kappa shape index (κ1) is 12.1. The Labute approximate surface area is 99.8 Å². The van der Waals surface area contributed by atoms with Crippen molar-refractivity contribution in [2.45, 2.75) is 25.3 Å². The molecule has 1 aliphatic carbocycles. The van der Waals surface area contributed by atoms with E-state index >= 15 is 0 Å². The SMILES string of the molecule is O=C(CC1C=CCC1)NC1COCC1C(=O)O. The van der Waals surface area contributed by atoms with Gasteiger partial charge in [0.1, 0.15) is 5.92 Å². The van der Waals surface area contributed by atoms with E-state index in [4.69, 9.17) is 9.84 Å². The summed E-state index contributed by atoms with van der Waals surface area (Å²) in [7, 11) is 0. The van der Waals surface area contributed by atoms with Crippen LogP contribution in [-0.4, -0.2) is 36.2 Å². The van der Waals surface area contributed by atoms with Crippen LogP contribution in [0.4, 0.5) is 0 Å². The van der Waals surface area contributed by atoms with Gasteiger partial charge >= 0.3 is 5.97 Å². The topological polar surface area (TPSA) is 75.6 Å². The second-order valence-corrected chi connectivity index (χ2v) is 4.63. The van der Waals surface area contributed by atoms with E-state index in [0.29, 0.717) is 18.9 Å². The Morgan fingerprint density at radius 3 is 2.88 bits per heavy atom. The molecule has 2 N–H and O–H groups in total. The third kappa shape index (κ3) is 3.06. The molecule has 0 spiro atoms. The molecule has 3 unspecified atom stereocenters. The zero-order chi connectivity index (χ0) is 12.3. The largest absolute Gasteiger partial charge is 0.481 e. The van der Waals surface area contributed by atoms with Gasteiger partial charge in [0, 0.05) is 6.42 Å².